The molecule has 138 valence electrons. The van der Waals surface area contributed by atoms with Crippen molar-refractivity contribution in [3.63, 3.8) is 0 Å². The minimum Gasteiger partial charge on any atom is -0.313 e. The number of carbonyl (C=O) groups excluding carboxylic acids is 1. The Balaban J connectivity index is 2.23. The summed E-state index contributed by atoms with van der Waals surface area (Å²) in [6.45, 7) is 7.17. The van der Waals surface area contributed by atoms with Crippen LogP contribution in [0.2, 0.25) is 0 Å². The van der Waals surface area contributed by atoms with E-state index < -0.39 is 9.84 Å². The second-order valence-electron chi connectivity index (χ2n) is 5.77. The minimum atomic E-state index is -3.46. The first-order chi connectivity index (χ1) is 11.9. The van der Waals surface area contributed by atoms with E-state index in [-0.39, 0.29) is 15.5 Å². The van der Waals surface area contributed by atoms with E-state index in [1.54, 1.807) is 11.0 Å². The smallest absolute Gasteiger partial charge is 0.313 e. The van der Waals surface area contributed by atoms with Crippen LogP contribution < -0.4 is 4.90 Å². The summed E-state index contributed by atoms with van der Waals surface area (Å²) in [6, 6.07) is -0.289. The van der Waals surface area contributed by atoms with E-state index in [2.05, 4.69) is 28.7 Å². The van der Waals surface area contributed by atoms with E-state index in [0.717, 1.165) is 43.3 Å². The third-order valence-electron chi connectivity index (χ3n) is 3.61. The number of rotatable bonds is 9. The number of amides is 2. The molecular formula is C15H23N5O3S2. The fraction of sp³-hybridized carbons (Fsp3) is 0.600. The summed E-state index contributed by atoms with van der Waals surface area (Å²) in [5, 5.41) is 7.79. The van der Waals surface area contributed by atoms with Crippen molar-refractivity contribution in [1.29, 1.82) is 0 Å². The van der Waals surface area contributed by atoms with Crippen molar-refractivity contribution in [2.45, 2.75) is 36.9 Å². The lowest BCUT2D eigenvalue weighted by molar-refractivity contribution is 0.225. The highest BCUT2D eigenvalue weighted by molar-refractivity contribution is 7.92. The van der Waals surface area contributed by atoms with Gasteiger partial charge < -0.3 is 4.90 Å². The maximum Gasteiger partial charge on any atom is 0.332 e. The number of carbonyl (C=O) groups is 1. The van der Waals surface area contributed by atoms with Crippen LogP contribution in [0.3, 0.4) is 0 Å². The zero-order valence-electron chi connectivity index (χ0n) is 14.5. The van der Waals surface area contributed by atoms with Crippen LogP contribution in [0, 0.1) is 0 Å². The van der Waals surface area contributed by atoms with Gasteiger partial charge in [0, 0.05) is 19.3 Å². The maximum atomic E-state index is 12.6. The summed E-state index contributed by atoms with van der Waals surface area (Å²) in [5.74, 6) is 0.569. The molecule has 0 atom stereocenters. The lowest BCUT2D eigenvalue weighted by Crippen LogP contribution is -2.33. The van der Waals surface area contributed by atoms with Crippen molar-refractivity contribution in [3.8, 4) is 0 Å². The first kappa shape index (κ1) is 19.5. The van der Waals surface area contributed by atoms with Gasteiger partial charge in [-0.15, -0.1) is 16.8 Å². The molecule has 0 aromatic carbocycles. The molecule has 1 aliphatic heterocycles. The average Bonchev–Trinajstić information content (AvgIpc) is 3.13. The van der Waals surface area contributed by atoms with Crippen molar-refractivity contribution in [1.82, 2.24) is 15.1 Å². The van der Waals surface area contributed by atoms with Gasteiger partial charge >= 0.3 is 6.03 Å². The molecule has 2 rings (SSSR count). The predicted octanol–water partition coefficient (Wildman–Crippen LogP) is 2.35. The van der Waals surface area contributed by atoms with Gasteiger partial charge in [-0.3, -0.25) is 4.99 Å². The third-order valence-corrected chi connectivity index (χ3v) is 6.19. The van der Waals surface area contributed by atoms with Crippen molar-refractivity contribution in [2.24, 2.45) is 4.99 Å². The second kappa shape index (κ2) is 8.52. The molecule has 0 N–H and O–H groups in total. The van der Waals surface area contributed by atoms with Gasteiger partial charge in [-0.2, -0.15) is 0 Å². The summed E-state index contributed by atoms with van der Waals surface area (Å²) in [5.41, 5.74) is 0. The average molecular weight is 386 g/mol. The summed E-state index contributed by atoms with van der Waals surface area (Å²) in [7, 11) is -3.46. The molecule has 0 spiro atoms. The van der Waals surface area contributed by atoms with Crippen molar-refractivity contribution in [2.75, 3.05) is 30.8 Å². The van der Waals surface area contributed by atoms with E-state index in [4.69, 9.17) is 0 Å². The number of unbranched alkanes of at least 4 members (excludes halogenated alkanes) is 3. The van der Waals surface area contributed by atoms with Gasteiger partial charge in [-0.05, 0) is 6.42 Å². The molecule has 1 saturated heterocycles. The third kappa shape index (κ3) is 4.85. The fourth-order valence-corrected chi connectivity index (χ4v) is 3.97. The molecule has 1 aromatic rings. The number of hydrogen-bond acceptors (Lipinski definition) is 7. The van der Waals surface area contributed by atoms with Gasteiger partial charge in [0.15, 0.2) is 0 Å². The lowest BCUT2D eigenvalue weighted by Gasteiger charge is -2.13. The van der Waals surface area contributed by atoms with E-state index in [0.29, 0.717) is 25.5 Å². The van der Waals surface area contributed by atoms with E-state index >= 15 is 0 Å². The number of anilines is 1. The first-order valence-corrected chi connectivity index (χ1v) is 10.9. The Kier molecular flexibility index (Phi) is 6.65. The Hall–Kier alpha value is -1.81. The van der Waals surface area contributed by atoms with Gasteiger partial charge in [0.1, 0.15) is 5.84 Å². The van der Waals surface area contributed by atoms with Gasteiger partial charge in [-0.1, -0.05) is 43.6 Å². The molecule has 8 nitrogen and oxygen atoms in total. The zero-order chi connectivity index (χ0) is 18.4. The van der Waals surface area contributed by atoms with Crippen molar-refractivity contribution < 1.29 is 13.2 Å². The van der Waals surface area contributed by atoms with Gasteiger partial charge in [0.05, 0.1) is 6.54 Å². The molecule has 0 radical (unpaired) electrons. The van der Waals surface area contributed by atoms with Crippen LogP contribution in [0.4, 0.5) is 9.93 Å². The monoisotopic (exact) mass is 385 g/mol. The minimum absolute atomic E-state index is 0.111. The quantitative estimate of drug-likeness (QED) is 0.369. The summed E-state index contributed by atoms with van der Waals surface area (Å²) >= 11 is 0.874. The van der Waals surface area contributed by atoms with Crippen LogP contribution in [-0.4, -0.2) is 61.3 Å². The van der Waals surface area contributed by atoms with E-state index in [1.165, 1.54) is 4.90 Å². The predicted molar refractivity (Wildman–Crippen MR) is 99.1 cm³/mol. The highest BCUT2D eigenvalue weighted by Gasteiger charge is 2.37. The molecule has 0 bridgehead atoms. The topological polar surface area (TPSA) is 95.8 Å². The SMILES string of the molecule is C=CCN1CC(=NCCCCCC)N(c2nnc(S(C)(=O)=O)s2)C1=O. The maximum absolute atomic E-state index is 12.6. The molecule has 2 heterocycles. The number of aromatic nitrogens is 2. The van der Waals surface area contributed by atoms with Crippen LogP contribution in [0.1, 0.15) is 32.6 Å². The molecule has 0 aliphatic carbocycles. The van der Waals surface area contributed by atoms with Gasteiger partial charge in [0.2, 0.25) is 19.3 Å². The molecule has 25 heavy (non-hydrogen) atoms. The number of amidine groups is 1. The number of aliphatic imine (C=N–C) groups is 1. The van der Waals surface area contributed by atoms with Crippen LogP contribution in [0.25, 0.3) is 0 Å². The molecule has 2 amide bonds. The Bertz CT molecular complexity index is 757. The fourth-order valence-electron chi connectivity index (χ4n) is 2.36. The number of nitrogens with zero attached hydrogens (tertiary/aromatic N) is 5. The van der Waals surface area contributed by atoms with E-state index in [9.17, 15) is 13.2 Å². The van der Waals surface area contributed by atoms with Gasteiger partial charge in [0.25, 0.3) is 0 Å². The largest absolute Gasteiger partial charge is 0.332 e. The Labute approximate surface area is 152 Å². The molecule has 1 aromatic heterocycles. The zero-order valence-corrected chi connectivity index (χ0v) is 16.1. The number of hydrogen-bond donors (Lipinski definition) is 0. The first-order valence-electron chi connectivity index (χ1n) is 8.15. The normalized spacial score (nSPS) is 16.9. The number of sulfone groups is 1. The molecule has 0 saturated carbocycles. The summed E-state index contributed by atoms with van der Waals surface area (Å²) < 4.78 is 23.1. The lowest BCUT2D eigenvalue weighted by atomic mass is 10.2. The Morgan fingerprint density at radius 3 is 2.68 bits per heavy atom. The van der Waals surface area contributed by atoms with Crippen LogP contribution in [0.15, 0.2) is 22.0 Å². The molecule has 1 fully saturated rings. The van der Waals surface area contributed by atoms with Crippen LogP contribution >= 0.6 is 11.3 Å². The molecule has 0 unspecified atom stereocenters. The Morgan fingerprint density at radius 1 is 1.32 bits per heavy atom. The Morgan fingerprint density at radius 2 is 2.08 bits per heavy atom. The molecule has 10 heteroatoms. The van der Waals surface area contributed by atoms with Crippen LogP contribution in [-0.2, 0) is 9.84 Å². The van der Waals surface area contributed by atoms with Gasteiger partial charge in [-0.25, -0.2) is 18.1 Å². The van der Waals surface area contributed by atoms with Crippen molar-refractivity contribution in [3.05, 3.63) is 12.7 Å². The summed E-state index contributed by atoms with van der Waals surface area (Å²) in [6.07, 6.45) is 7.05. The highest BCUT2D eigenvalue weighted by atomic mass is 32.2. The number of urea groups is 1. The second-order valence-corrected chi connectivity index (χ2v) is 8.91. The standard InChI is InChI=1S/C15H23N5O3S2/c1-4-6-7-8-9-16-12-11-19(10-5-2)15(21)20(12)13-17-18-14(24-13)25(3,22)23/h5H,2,4,6-11H2,1,3H3. The highest BCUT2D eigenvalue weighted by Crippen LogP contribution is 2.28. The van der Waals surface area contributed by atoms with Crippen molar-refractivity contribution >= 4 is 38.2 Å². The molecular weight excluding hydrogens is 362 g/mol. The summed E-state index contributed by atoms with van der Waals surface area (Å²) in [4.78, 5) is 20.1. The van der Waals surface area contributed by atoms with Crippen LogP contribution in [0.5, 0.6) is 0 Å². The molecule has 1 aliphatic rings. The van der Waals surface area contributed by atoms with E-state index in [1.807, 2.05) is 0 Å².